The molecule has 61 heavy (non-hydrogen) atoms. The molecule has 0 atom stereocenters. The average Bonchev–Trinajstić information content (AvgIpc) is 3.55. The number of para-hydroxylation sites is 2. The molecule has 10 aromatic carbocycles. The summed E-state index contributed by atoms with van der Waals surface area (Å²) in [7, 11) is 0. The van der Waals surface area contributed by atoms with Gasteiger partial charge < -0.3 is 9.80 Å². The molecule has 0 unspecified atom stereocenters. The van der Waals surface area contributed by atoms with E-state index in [2.05, 4.69) is 254 Å². The third kappa shape index (κ3) is 6.19. The first kappa shape index (κ1) is 36.4. The molecule has 11 rings (SSSR count). The fraction of sp³-hybridized carbons (Fsp3) is 0.0508. The number of anilines is 6. The fourth-order valence-electron chi connectivity index (χ4n) is 9.70. The van der Waals surface area contributed by atoms with Crippen LogP contribution in [-0.2, 0) is 5.41 Å². The first-order chi connectivity index (χ1) is 30.0. The monoisotopic (exact) mass is 780 g/mol. The van der Waals surface area contributed by atoms with Crippen LogP contribution in [0.3, 0.4) is 0 Å². The van der Waals surface area contributed by atoms with Gasteiger partial charge in [0, 0.05) is 44.8 Å². The van der Waals surface area contributed by atoms with Crippen LogP contribution in [0.15, 0.2) is 231 Å². The molecule has 2 nitrogen and oxygen atoms in total. The summed E-state index contributed by atoms with van der Waals surface area (Å²) >= 11 is 0. The van der Waals surface area contributed by atoms with Crippen LogP contribution in [0, 0.1) is 0 Å². The number of nitrogens with zero attached hydrogens (tertiary/aromatic N) is 2. The van der Waals surface area contributed by atoms with Gasteiger partial charge in [0.2, 0.25) is 0 Å². The van der Waals surface area contributed by atoms with Crippen molar-refractivity contribution in [3.63, 3.8) is 0 Å². The van der Waals surface area contributed by atoms with E-state index in [1.54, 1.807) is 0 Å². The molecule has 0 radical (unpaired) electrons. The molecule has 0 aliphatic heterocycles. The maximum atomic E-state index is 2.55. The SMILES string of the molecule is CC1(C)c2ccccc2-c2c1cc1c(ccc3ccccc31)c2N(c1cccc(N(c2ccccc2)c2ccccc2)c1)c1ccc(-c2ccccc2)c(-c2ccccc2)c1. The second kappa shape index (κ2) is 14.9. The van der Waals surface area contributed by atoms with Gasteiger partial charge >= 0.3 is 0 Å². The third-order valence-corrected chi connectivity index (χ3v) is 12.6. The predicted octanol–water partition coefficient (Wildman–Crippen LogP) is 16.6. The first-order valence-corrected chi connectivity index (χ1v) is 21.2. The summed E-state index contributed by atoms with van der Waals surface area (Å²) in [5, 5.41) is 4.97. The molecule has 0 saturated heterocycles. The van der Waals surface area contributed by atoms with Crippen LogP contribution in [-0.4, -0.2) is 0 Å². The van der Waals surface area contributed by atoms with Crippen molar-refractivity contribution in [1.82, 2.24) is 0 Å². The van der Waals surface area contributed by atoms with Crippen molar-refractivity contribution in [1.29, 1.82) is 0 Å². The lowest BCUT2D eigenvalue weighted by atomic mass is 9.81. The summed E-state index contributed by atoms with van der Waals surface area (Å²) < 4.78 is 0. The maximum Gasteiger partial charge on any atom is 0.0621 e. The molecule has 290 valence electrons. The number of hydrogen-bond acceptors (Lipinski definition) is 2. The predicted molar refractivity (Wildman–Crippen MR) is 259 cm³/mol. The van der Waals surface area contributed by atoms with E-state index in [4.69, 9.17) is 0 Å². The Hall–Kier alpha value is -7.68. The van der Waals surface area contributed by atoms with E-state index in [9.17, 15) is 0 Å². The van der Waals surface area contributed by atoms with Crippen LogP contribution in [0.2, 0.25) is 0 Å². The summed E-state index contributed by atoms with van der Waals surface area (Å²) in [5.41, 5.74) is 16.4. The Morgan fingerprint density at radius 1 is 0.311 bits per heavy atom. The van der Waals surface area contributed by atoms with Gasteiger partial charge in [0.05, 0.1) is 5.69 Å². The summed E-state index contributed by atoms with van der Waals surface area (Å²) in [5.74, 6) is 0. The highest BCUT2D eigenvalue weighted by Gasteiger charge is 2.39. The van der Waals surface area contributed by atoms with Crippen molar-refractivity contribution in [3.8, 4) is 33.4 Å². The standard InChI is InChI=1S/C59H44N2/c1-59(2)55-33-18-17-32-52(55)57-56(59)40-54-49-31-16-15-24-43(49)34-36-51(54)58(57)61(48-35-37-50(41-20-7-3-8-21-41)53(39-48)42-22-9-4-10-23-42)47-30-19-29-46(38-47)60(44-25-11-5-12-26-44)45-27-13-6-14-28-45/h3-40H,1-2H3. The molecule has 2 heteroatoms. The third-order valence-electron chi connectivity index (χ3n) is 12.6. The molecular weight excluding hydrogens is 737 g/mol. The highest BCUT2D eigenvalue weighted by Crippen LogP contribution is 2.58. The highest BCUT2D eigenvalue weighted by atomic mass is 15.2. The highest BCUT2D eigenvalue weighted by molar-refractivity contribution is 6.18. The molecule has 0 amide bonds. The zero-order chi connectivity index (χ0) is 40.9. The van der Waals surface area contributed by atoms with E-state index in [0.717, 1.165) is 28.4 Å². The second-order valence-electron chi connectivity index (χ2n) is 16.5. The number of fused-ring (bicyclic) bond motifs is 6. The summed E-state index contributed by atoms with van der Waals surface area (Å²) in [6, 6.07) is 84.2. The Balaban J connectivity index is 1.26. The van der Waals surface area contributed by atoms with Crippen molar-refractivity contribution in [2.24, 2.45) is 0 Å². The second-order valence-corrected chi connectivity index (χ2v) is 16.5. The molecule has 10 aromatic rings. The van der Waals surface area contributed by atoms with Crippen LogP contribution in [0.4, 0.5) is 34.1 Å². The minimum atomic E-state index is -0.219. The van der Waals surface area contributed by atoms with E-state index in [1.807, 2.05) is 0 Å². The number of hydrogen-bond donors (Lipinski definition) is 0. The van der Waals surface area contributed by atoms with Crippen LogP contribution in [0.25, 0.3) is 54.9 Å². The number of rotatable bonds is 8. The minimum Gasteiger partial charge on any atom is -0.310 e. The molecule has 0 N–H and O–H groups in total. The van der Waals surface area contributed by atoms with Crippen molar-refractivity contribution in [2.45, 2.75) is 19.3 Å². The smallest absolute Gasteiger partial charge is 0.0621 e. The van der Waals surface area contributed by atoms with Crippen LogP contribution >= 0.6 is 0 Å². The largest absolute Gasteiger partial charge is 0.310 e. The van der Waals surface area contributed by atoms with Gasteiger partial charge in [-0.15, -0.1) is 0 Å². The molecule has 0 heterocycles. The number of benzene rings is 10. The zero-order valence-electron chi connectivity index (χ0n) is 34.3. The van der Waals surface area contributed by atoms with Crippen molar-refractivity contribution in [3.05, 3.63) is 242 Å². The van der Waals surface area contributed by atoms with Crippen molar-refractivity contribution >= 4 is 55.7 Å². The van der Waals surface area contributed by atoms with Gasteiger partial charge in [-0.3, -0.25) is 0 Å². The van der Waals surface area contributed by atoms with E-state index in [-0.39, 0.29) is 5.41 Å². The van der Waals surface area contributed by atoms with Gasteiger partial charge in [0.15, 0.2) is 0 Å². The average molecular weight is 781 g/mol. The van der Waals surface area contributed by atoms with Crippen LogP contribution < -0.4 is 9.80 Å². The summed E-state index contributed by atoms with van der Waals surface area (Å²) in [6.45, 7) is 4.78. The van der Waals surface area contributed by atoms with Crippen LogP contribution in [0.5, 0.6) is 0 Å². The molecule has 1 aliphatic rings. The lowest BCUT2D eigenvalue weighted by molar-refractivity contribution is 0.661. The van der Waals surface area contributed by atoms with Gasteiger partial charge in [-0.1, -0.05) is 184 Å². The van der Waals surface area contributed by atoms with Gasteiger partial charge in [0.1, 0.15) is 0 Å². The Morgan fingerprint density at radius 2 is 0.852 bits per heavy atom. The first-order valence-electron chi connectivity index (χ1n) is 21.2. The molecule has 0 aromatic heterocycles. The van der Waals surface area contributed by atoms with E-state index < -0.39 is 0 Å². The van der Waals surface area contributed by atoms with E-state index >= 15 is 0 Å². The topological polar surface area (TPSA) is 6.48 Å². The molecule has 0 saturated carbocycles. The van der Waals surface area contributed by atoms with Gasteiger partial charge in [-0.05, 0) is 116 Å². The molecule has 0 spiro atoms. The van der Waals surface area contributed by atoms with Crippen LogP contribution in [0.1, 0.15) is 25.0 Å². The van der Waals surface area contributed by atoms with Gasteiger partial charge in [-0.2, -0.15) is 0 Å². The van der Waals surface area contributed by atoms with E-state index in [0.29, 0.717) is 0 Å². The quantitative estimate of drug-likeness (QED) is 0.142. The van der Waals surface area contributed by atoms with Gasteiger partial charge in [0.25, 0.3) is 0 Å². The van der Waals surface area contributed by atoms with Crippen molar-refractivity contribution < 1.29 is 0 Å². The van der Waals surface area contributed by atoms with Gasteiger partial charge in [-0.25, -0.2) is 0 Å². The Labute approximate surface area is 358 Å². The normalized spacial score (nSPS) is 12.6. The van der Waals surface area contributed by atoms with E-state index in [1.165, 1.54) is 71.7 Å². The maximum absolute atomic E-state index is 2.55. The molecular formula is C59H44N2. The molecule has 0 bridgehead atoms. The fourth-order valence-corrected chi connectivity index (χ4v) is 9.70. The Morgan fingerprint density at radius 3 is 1.54 bits per heavy atom. The zero-order valence-corrected chi connectivity index (χ0v) is 34.3. The minimum absolute atomic E-state index is 0.219. The lowest BCUT2D eigenvalue weighted by Crippen LogP contribution is -2.17. The molecule has 0 fully saturated rings. The molecule has 1 aliphatic carbocycles. The summed E-state index contributed by atoms with van der Waals surface area (Å²) in [4.78, 5) is 4.90. The Kier molecular flexibility index (Phi) is 8.86. The van der Waals surface area contributed by atoms with Crippen molar-refractivity contribution in [2.75, 3.05) is 9.80 Å². The summed E-state index contributed by atoms with van der Waals surface area (Å²) in [6.07, 6.45) is 0. The Bertz CT molecular complexity index is 3170. The lowest BCUT2D eigenvalue weighted by Gasteiger charge is -2.33.